The Morgan fingerprint density at radius 1 is 0.288 bits per heavy atom. The second kappa shape index (κ2) is 47.3. The smallest absolute Gasteiger partial charge is 0.344 e. The molecule has 828 valence electrons. The van der Waals surface area contributed by atoms with E-state index in [0.717, 1.165) is 238 Å². The molecular formula is C122H196O24. The molecule has 2 atom stereocenters. The van der Waals surface area contributed by atoms with Crippen molar-refractivity contribution in [3.8, 4) is 0 Å². The molecule has 0 radical (unpaired) electrons. The van der Waals surface area contributed by atoms with E-state index in [4.69, 9.17) is 56.8 Å². The third-order valence-electron chi connectivity index (χ3n) is 42.1. The van der Waals surface area contributed by atoms with Crippen LogP contribution in [0.1, 0.15) is 461 Å². The van der Waals surface area contributed by atoms with Crippen molar-refractivity contribution in [2.24, 2.45) is 162 Å². The van der Waals surface area contributed by atoms with Gasteiger partial charge in [0, 0.05) is 17.8 Å². The van der Waals surface area contributed by atoms with Crippen LogP contribution in [-0.2, 0) is 114 Å². The Morgan fingerprint density at radius 2 is 0.582 bits per heavy atom. The van der Waals surface area contributed by atoms with Crippen LogP contribution in [0.3, 0.4) is 0 Å². The van der Waals surface area contributed by atoms with Crippen LogP contribution in [0.2, 0.25) is 0 Å². The van der Waals surface area contributed by atoms with Gasteiger partial charge in [0.15, 0.2) is 32.0 Å². The first-order valence-corrected chi connectivity index (χ1v) is 59.0. The molecule has 0 aromatic rings. The average Bonchev–Trinajstić information content (AvgIpc) is 1.26. The molecule has 23 saturated carbocycles. The SMILES string of the molecule is CCC(C)(C)C(=O)OC1(COC(=O)C23CC4CC(CC(C4)C2)C3)C2CC3CC(C2)CC1C3.CCC(C)(C)C(=O)OC1CCCCC1COC(=O)C12CC3CC(CC(C3)C1)C2.CCC(C)(C)C(=O)OCC(=O)OC1(C(C)C)C2CC3CC(C2)CC1C3.CCC(C)(C)C(=O)OCC(=O)OC1(C)CCCC1.CCC(C)(C)C(=O)OCC(=O)OC1(CC)C2CC3CC(C2)CC1C3.CCC1(OC(=O)COC(=O)C(C)(C)CC)CCCC1. The van der Waals surface area contributed by atoms with E-state index in [1.807, 2.05) is 118 Å². The highest BCUT2D eigenvalue weighted by molar-refractivity contribution is 5.83. The predicted molar refractivity (Wildman–Crippen MR) is 557 cm³/mol. The second-order valence-corrected chi connectivity index (χ2v) is 55.2. The van der Waals surface area contributed by atoms with Crippen LogP contribution in [0, 0.1) is 162 Å². The van der Waals surface area contributed by atoms with Crippen LogP contribution in [0.4, 0.5) is 0 Å². The standard InChI is InChI=1S/C28H42O4.C24H38O4.C21H34O4.C20H32O4.C15H26O4.C14H24O4/c1-4-26(2,3)24(29)32-28(22-9-17-5-18(11-22)12-23(28)10-17)16-31-25(30)27-13-19-6-20(14-27)8-21(7-19)15-27;1-4-23(2,3)21(25)28-20-8-6-5-7-19(20)15-27-22(26)24-12-16-9-17(13-24)11-18(10-16)14-24;1-6-20(4,5)19(23)24-12-18(22)25-21(13(2)3)16-8-14-7-15(10-16)11-17(21)9-14;1-5-19(3,4)18(22)23-12-17(21)24-20(6-2)15-8-13-7-14(10-15)11-16(20)9-13;1-5-14(3,4)13(17)18-11-12(16)19-15(6-2)9-7-8-10-15;1-5-13(2,3)12(16)17-10-11(15)18-14(4)8-6-7-9-14/h17-23H,4-16H2,1-3H3;16-20H,4-15H2,1-3H3;13-17H,6-12H2,1-5H3;13-16H,5-12H2,1-4H3;5-11H2,1-4H3;5-10H2,1-4H3. The second-order valence-electron chi connectivity index (χ2n) is 55.2. The molecule has 24 nitrogen and oxygen atoms in total. The summed E-state index contributed by atoms with van der Waals surface area (Å²) < 4.78 is 68.3. The summed E-state index contributed by atoms with van der Waals surface area (Å²) in [6.45, 7) is 44.4. The van der Waals surface area contributed by atoms with Gasteiger partial charge in [0.25, 0.3) is 0 Å². The molecule has 0 aliphatic heterocycles. The third-order valence-corrected chi connectivity index (χ3v) is 42.1. The Kier molecular flexibility index (Phi) is 37.8. The summed E-state index contributed by atoms with van der Waals surface area (Å²) in [5.74, 6) is 9.41. The fourth-order valence-electron chi connectivity index (χ4n) is 31.8. The summed E-state index contributed by atoms with van der Waals surface area (Å²) in [7, 11) is 0. The lowest BCUT2D eigenvalue weighted by Crippen LogP contribution is -2.63. The Morgan fingerprint density at radius 3 is 0.925 bits per heavy atom. The largest absolute Gasteiger partial charge is 0.465 e. The van der Waals surface area contributed by atoms with E-state index in [9.17, 15) is 57.5 Å². The van der Waals surface area contributed by atoms with Crippen molar-refractivity contribution in [3.63, 3.8) is 0 Å². The average molecular weight is 2050 g/mol. The Balaban J connectivity index is 0.000000148. The van der Waals surface area contributed by atoms with Crippen molar-refractivity contribution in [2.75, 3.05) is 39.6 Å². The maximum Gasteiger partial charge on any atom is 0.344 e. The summed E-state index contributed by atoms with van der Waals surface area (Å²) in [6, 6.07) is 0. The topological polar surface area (TPSA) is 316 Å². The molecule has 0 spiro atoms. The minimum atomic E-state index is -0.588. The zero-order valence-corrected chi connectivity index (χ0v) is 94.9. The maximum atomic E-state index is 13.7. The fourth-order valence-corrected chi connectivity index (χ4v) is 31.8. The normalized spacial score (nSPS) is 35.2. The number of carbonyl (C=O) groups excluding carboxylic acids is 12. The molecule has 0 amide bonds. The van der Waals surface area contributed by atoms with Crippen LogP contribution in [0.25, 0.3) is 0 Å². The molecular weight excluding hydrogens is 1850 g/mol. The van der Waals surface area contributed by atoms with E-state index < -0.39 is 50.0 Å². The summed E-state index contributed by atoms with van der Waals surface area (Å²) in [5.41, 5.74) is -5.49. The number of hydrogen-bond acceptors (Lipinski definition) is 24. The lowest BCUT2D eigenvalue weighted by molar-refractivity contribution is -0.236. The van der Waals surface area contributed by atoms with Gasteiger partial charge in [-0.05, 0) is 486 Å². The monoisotopic (exact) mass is 2050 g/mol. The summed E-state index contributed by atoms with van der Waals surface area (Å²) in [6.07, 6.45) is 50.5. The molecule has 23 aliphatic rings. The van der Waals surface area contributed by atoms with Crippen LogP contribution in [0.5, 0.6) is 0 Å². The van der Waals surface area contributed by atoms with E-state index in [-0.39, 0.29) is 131 Å². The zero-order chi connectivity index (χ0) is 107. The first kappa shape index (κ1) is 117. The van der Waals surface area contributed by atoms with Gasteiger partial charge < -0.3 is 56.8 Å². The van der Waals surface area contributed by atoms with Gasteiger partial charge in [-0.3, -0.25) is 38.4 Å². The van der Waals surface area contributed by atoms with Crippen molar-refractivity contribution < 1.29 is 114 Å². The number of hydrogen-bond donors (Lipinski definition) is 0. The van der Waals surface area contributed by atoms with Gasteiger partial charge >= 0.3 is 71.6 Å². The van der Waals surface area contributed by atoms with E-state index in [2.05, 4.69) is 27.7 Å². The molecule has 23 aliphatic carbocycles. The minimum absolute atomic E-state index is 0.0376. The van der Waals surface area contributed by atoms with Crippen LogP contribution in [-0.4, -0.2) is 145 Å². The molecule has 24 heteroatoms. The van der Waals surface area contributed by atoms with Gasteiger partial charge in [-0.1, -0.05) is 75.7 Å². The molecule has 0 heterocycles. The van der Waals surface area contributed by atoms with E-state index in [0.29, 0.717) is 80.3 Å². The van der Waals surface area contributed by atoms with Crippen LogP contribution >= 0.6 is 0 Å². The lowest BCUT2D eigenvalue weighted by atomic mass is 9.47. The van der Waals surface area contributed by atoms with Crippen molar-refractivity contribution in [2.45, 2.75) is 495 Å². The van der Waals surface area contributed by atoms with E-state index >= 15 is 0 Å². The number of esters is 12. The van der Waals surface area contributed by atoms with Crippen LogP contribution in [0.15, 0.2) is 0 Å². The molecule has 146 heavy (non-hydrogen) atoms. The Labute approximate surface area is 877 Å². The van der Waals surface area contributed by atoms with Gasteiger partial charge in [0.1, 0.15) is 35.1 Å². The molecule has 23 rings (SSSR count). The zero-order valence-electron chi connectivity index (χ0n) is 94.9. The van der Waals surface area contributed by atoms with Gasteiger partial charge in [-0.2, -0.15) is 0 Å². The maximum absolute atomic E-state index is 13.7. The molecule has 0 N–H and O–H groups in total. The number of rotatable bonds is 35. The van der Waals surface area contributed by atoms with Crippen molar-refractivity contribution >= 4 is 71.6 Å². The first-order valence-electron chi connectivity index (χ1n) is 59.0. The van der Waals surface area contributed by atoms with E-state index in [1.165, 1.54) is 109 Å². The first-order chi connectivity index (χ1) is 68.6. The van der Waals surface area contributed by atoms with Crippen LogP contribution < -0.4 is 0 Å². The Hall–Kier alpha value is -6.36. The van der Waals surface area contributed by atoms with Gasteiger partial charge in [-0.15, -0.1) is 0 Å². The highest BCUT2D eigenvalue weighted by Gasteiger charge is 2.66. The van der Waals surface area contributed by atoms with Gasteiger partial charge in [0.2, 0.25) is 0 Å². The predicted octanol–water partition coefficient (Wildman–Crippen LogP) is 25.8. The van der Waals surface area contributed by atoms with Crippen molar-refractivity contribution in [1.29, 1.82) is 0 Å². The Bertz CT molecular complexity index is 4340. The number of ether oxygens (including phenoxy) is 12. The molecule has 0 saturated heterocycles. The highest BCUT2D eigenvalue weighted by Crippen LogP contribution is 2.67. The summed E-state index contributed by atoms with van der Waals surface area (Å²) in [4.78, 5) is 149. The molecule has 23 fully saturated rings. The lowest BCUT2D eigenvalue weighted by Gasteiger charge is -2.61. The molecule has 20 bridgehead atoms. The highest BCUT2D eigenvalue weighted by atomic mass is 16.6. The van der Waals surface area contributed by atoms with Gasteiger partial charge in [-0.25, -0.2) is 19.2 Å². The molecule has 0 aromatic carbocycles. The fraction of sp³-hybridized carbons (Fsp3) is 0.902. The third kappa shape index (κ3) is 26.6. The summed E-state index contributed by atoms with van der Waals surface area (Å²) in [5, 5.41) is 0. The number of carbonyl (C=O) groups is 12. The molecule has 0 aromatic heterocycles. The molecule has 2 unspecified atom stereocenters. The quantitative estimate of drug-likeness (QED) is 0.0420. The van der Waals surface area contributed by atoms with Crippen molar-refractivity contribution in [3.05, 3.63) is 0 Å². The van der Waals surface area contributed by atoms with Gasteiger partial charge in [0.05, 0.1) is 49.9 Å². The summed E-state index contributed by atoms with van der Waals surface area (Å²) >= 11 is 0. The van der Waals surface area contributed by atoms with E-state index in [1.54, 1.807) is 13.8 Å². The van der Waals surface area contributed by atoms with Crippen molar-refractivity contribution in [1.82, 2.24) is 0 Å². The minimum Gasteiger partial charge on any atom is -0.465 e.